The first-order valence-electron chi connectivity index (χ1n) is 9.35. The van der Waals surface area contributed by atoms with Crippen LogP contribution in [-0.2, 0) is 24.3 Å². The summed E-state index contributed by atoms with van der Waals surface area (Å²) in [5.74, 6) is -1.74. The predicted molar refractivity (Wildman–Crippen MR) is 117 cm³/mol. The molecule has 31 heavy (non-hydrogen) atoms. The van der Waals surface area contributed by atoms with Gasteiger partial charge in [0, 0.05) is 18.4 Å². The van der Waals surface area contributed by atoms with E-state index in [1.54, 1.807) is 12.1 Å². The Morgan fingerprint density at radius 1 is 1.06 bits per heavy atom. The van der Waals surface area contributed by atoms with Gasteiger partial charge >= 0.3 is 5.97 Å². The number of rotatable bonds is 8. The van der Waals surface area contributed by atoms with Crippen LogP contribution < -0.4 is 10.0 Å². The molecule has 0 heterocycles. The van der Waals surface area contributed by atoms with Crippen LogP contribution in [-0.4, -0.2) is 57.1 Å². The van der Waals surface area contributed by atoms with Crippen molar-refractivity contribution in [3.8, 4) is 0 Å². The van der Waals surface area contributed by atoms with Crippen molar-refractivity contribution in [3.63, 3.8) is 0 Å². The first-order chi connectivity index (χ1) is 14.4. The van der Waals surface area contributed by atoms with Crippen LogP contribution >= 0.6 is 0 Å². The summed E-state index contributed by atoms with van der Waals surface area (Å²) in [4.78, 5) is 38.1. The van der Waals surface area contributed by atoms with Crippen LogP contribution in [0.5, 0.6) is 0 Å². The second-order valence-electron chi connectivity index (χ2n) is 7.11. The number of amides is 2. The number of esters is 1. The smallest absolute Gasteiger partial charge is 0.338 e. The molecule has 0 aliphatic heterocycles. The number of hydrogen-bond donors (Lipinski definition) is 2. The van der Waals surface area contributed by atoms with Crippen molar-refractivity contribution in [2.45, 2.75) is 20.0 Å². The van der Waals surface area contributed by atoms with E-state index in [1.165, 1.54) is 38.2 Å². The molecule has 0 fully saturated rings. The summed E-state index contributed by atoms with van der Waals surface area (Å²) < 4.78 is 30.1. The lowest BCUT2D eigenvalue weighted by Crippen LogP contribution is -2.41. The van der Waals surface area contributed by atoms with Gasteiger partial charge in [0.05, 0.1) is 18.4 Å². The third kappa shape index (κ3) is 7.74. The summed E-state index contributed by atoms with van der Waals surface area (Å²) in [5.41, 5.74) is 1.94. The molecule has 2 amide bonds. The van der Waals surface area contributed by atoms with Crippen molar-refractivity contribution < 1.29 is 27.5 Å². The number of carbonyl (C=O) groups is 3. The summed E-state index contributed by atoms with van der Waals surface area (Å²) in [5, 5.41) is 2.69. The molecular formula is C21H25N3O6S. The monoisotopic (exact) mass is 447 g/mol. The highest BCUT2D eigenvalue weighted by Crippen LogP contribution is 2.14. The van der Waals surface area contributed by atoms with E-state index in [0.29, 0.717) is 5.69 Å². The van der Waals surface area contributed by atoms with Crippen molar-refractivity contribution in [1.82, 2.24) is 4.90 Å². The van der Waals surface area contributed by atoms with Crippen molar-refractivity contribution in [2.75, 3.05) is 29.9 Å². The molecule has 0 aliphatic rings. The quantitative estimate of drug-likeness (QED) is 0.597. The third-order valence-electron chi connectivity index (χ3n) is 4.13. The molecule has 1 atom stereocenters. The minimum Gasteiger partial charge on any atom is -0.449 e. The van der Waals surface area contributed by atoms with Gasteiger partial charge in [-0.25, -0.2) is 13.2 Å². The highest BCUT2D eigenvalue weighted by Gasteiger charge is 2.24. The molecule has 2 N–H and O–H groups in total. The molecular weight excluding hydrogens is 422 g/mol. The molecule has 0 bridgehead atoms. The minimum absolute atomic E-state index is 0.0769. The van der Waals surface area contributed by atoms with Crippen LogP contribution in [0.1, 0.15) is 22.8 Å². The Kier molecular flexibility index (Phi) is 7.76. The van der Waals surface area contributed by atoms with Crippen LogP contribution in [0.3, 0.4) is 0 Å². The number of anilines is 2. The summed E-state index contributed by atoms with van der Waals surface area (Å²) in [6, 6.07) is 12.9. The molecule has 0 aliphatic carbocycles. The first kappa shape index (κ1) is 23.9. The van der Waals surface area contributed by atoms with Gasteiger partial charge in [0.15, 0.2) is 6.10 Å². The van der Waals surface area contributed by atoms with Crippen LogP contribution in [0.2, 0.25) is 0 Å². The van der Waals surface area contributed by atoms with E-state index >= 15 is 0 Å². The molecule has 9 nitrogen and oxygen atoms in total. The van der Waals surface area contributed by atoms with Gasteiger partial charge in [-0.1, -0.05) is 23.8 Å². The Morgan fingerprint density at radius 2 is 1.71 bits per heavy atom. The van der Waals surface area contributed by atoms with E-state index in [2.05, 4.69) is 10.0 Å². The van der Waals surface area contributed by atoms with E-state index in [4.69, 9.17) is 4.74 Å². The second-order valence-corrected chi connectivity index (χ2v) is 8.86. The summed E-state index contributed by atoms with van der Waals surface area (Å²) in [7, 11) is -2.08. The number of nitrogens with zero attached hydrogens (tertiary/aromatic N) is 1. The van der Waals surface area contributed by atoms with E-state index in [0.717, 1.165) is 16.7 Å². The van der Waals surface area contributed by atoms with E-state index in [-0.39, 0.29) is 17.8 Å². The fourth-order valence-corrected chi connectivity index (χ4v) is 3.20. The lowest BCUT2D eigenvalue weighted by Gasteiger charge is -2.21. The highest BCUT2D eigenvalue weighted by molar-refractivity contribution is 7.92. The minimum atomic E-state index is -3.50. The standard InChI is InChI=1S/C21H25N3O6S/c1-14-8-10-17(11-9-14)22-19(25)13-24(3)20(26)15(2)30-21(27)16-6-5-7-18(12-16)23-31(4,28)29/h5-12,15,23H,13H2,1-4H3,(H,22,25). The van der Waals surface area contributed by atoms with E-state index < -0.39 is 33.9 Å². The molecule has 0 aromatic heterocycles. The van der Waals surface area contributed by atoms with Crippen molar-refractivity contribution >= 4 is 39.2 Å². The topological polar surface area (TPSA) is 122 Å². The lowest BCUT2D eigenvalue weighted by molar-refractivity contribution is -0.140. The van der Waals surface area contributed by atoms with Crippen LogP contribution in [0.15, 0.2) is 48.5 Å². The van der Waals surface area contributed by atoms with Gasteiger partial charge in [-0.15, -0.1) is 0 Å². The van der Waals surface area contributed by atoms with Crippen molar-refractivity contribution in [2.24, 2.45) is 0 Å². The summed E-state index contributed by atoms with van der Waals surface area (Å²) >= 11 is 0. The average molecular weight is 448 g/mol. The molecule has 0 saturated heterocycles. The van der Waals surface area contributed by atoms with Gasteiger partial charge in [0.1, 0.15) is 0 Å². The number of aryl methyl sites for hydroxylation is 1. The number of nitrogens with one attached hydrogen (secondary N) is 2. The van der Waals surface area contributed by atoms with Gasteiger partial charge in [-0.3, -0.25) is 14.3 Å². The fourth-order valence-electron chi connectivity index (χ4n) is 2.64. The molecule has 0 saturated carbocycles. The van der Waals surface area contributed by atoms with Crippen LogP contribution in [0.25, 0.3) is 0 Å². The molecule has 10 heteroatoms. The van der Waals surface area contributed by atoms with E-state index in [9.17, 15) is 22.8 Å². The number of carbonyl (C=O) groups excluding carboxylic acids is 3. The molecule has 2 aromatic rings. The van der Waals surface area contributed by atoms with Crippen molar-refractivity contribution in [1.29, 1.82) is 0 Å². The Labute approximate surface area is 181 Å². The van der Waals surface area contributed by atoms with Crippen LogP contribution in [0, 0.1) is 6.92 Å². The molecule has 0 spiro atoms. The highest BCUT2D eigenvalue weighted by atomic mass is 32.2. The zero-order valence-electron chi connectivity index (χ0n) is 17.7. The molecule has 0 radical (unpaired) electrons. The maximum Gasteiger partial charge on any atom is 0.338 e. The number of ether oxygens (including phenoxy) is 1. The largest absolute Gasteiger partial charge is 0.449 e. The third-order valence-corrected chi connectivity index (χ3v) is 4.73. The zero-order valence-corrected chi connectivity index (χ0v) is 18.5. The lowest BCUT2D eigenvalue weighted by atomic mass is 10.2. The first-order valence-corrected chi connectivity index (χ1v) is 11.2. The van der Waals surface area contributed by atoms with Crippen LogP contribution in [0.4, 0.5) is 11.4 Å². The van der Waals surface area contributed by atoms with E-state index in [1.807, 2.05) is 19.1 Å². The number of hydrogen-bond acceptors (Lipinski definition) is 6. The Balaban J connectivity index is 1.93. The molecule has 2 rings (SSSR count). The van der Waals surface area contributed by atoms with Crippen molar-refractivity contribution in [3.05, 3.63) is 59.7 Å². The normalized spacial score (nSPS) is 11.9. The second kappa shape index (κ2) is 10.1. The molecule has 2 aromatic carbocycles. The molecule has 166 valence electrons. The van der Waals surface area contributed by atoms with Gasteiger partial charge in [-0.2, -0.15) is 0 Å². The van der Waals surface area contributed by atoms with Gasteiger partial charge in [0.2, 0.25) is 15.9 Å². The SMILES string of the molecule is Cc1ccc(NC(=O)CN(C)C(=O)C(C)OC(=O)c2cccc(NS(C)(=O)=O)c2)cc1. The summed E-state index contributed by atoms with van der Waals surface area (Å²) in [6.07, 6.45) is -0.153. The maximum absolute atomic E-state index is 12.5. The Bertz CT molecular complexity index is 1070. The Morgan fingerprint density at radius 3 is 2.32 bits per heavy atom. The number of benzene rings is 2. The van der Waals surface area contributed by atoms with Gasteiger partial charge < -0.3 is 15.0 Å². The maximum atomic E-state index is 12.5. The fraction of sp³-hybridized carbons (Fsp3) is 0.286. The number of likely N-dealkylation sites (N-methyl/N-ethyl adjacent to an activating group) is 1. The average Bonchev–Trinajstić information content (AvgIpc) is 2.67. The predicted octanol–water partition coefficient (Wildman–Crippen LogP) is 2.01. The van der Waals surface area contributed by atoms with Gasteiger partial charge in [0.25, 0.3) is 5.91 Å². The Hall–Kier alpha value is -3.40. The zero-order chi connectivity index (χ0) is 23.2. The summed E-state index contributed by atoms with van der Waals surface area (Å²) in [6.45, 7) is 3.11. The number of sulfonamides is 1. The molecule has 1 unspecified atom stereocenters. The van der Waals surface area contributed by atoms with Gasteiger partial charge in [-0.05, 0) is 44.2 Å².